The standard InChI is InChI=1S/C26H34N6O3/c1-26(2,3)23(32-16-21(28-29-32)18-7-8-18)25(35)31-15-20(33)13-22(31)24(34)27-10-9-17-12-19-6-4-5-11-30(19)14-17/h4-6,11-12,14,16,18,20,22-23,33H,7-10,13,15H2,1-3H3,(H,27,34)/t20-,22+,23-/m1/s1. The number of carbonyl (C=O) groups is 2. The zero-order valence-electron chi connectivity index (χ0n) is 20.6. The molecule has 0 radical (unpaired) electrons. The fraction of sp³-hybridized carbons (Fsp3) is 0.538. The molecule has 1 saturated heterocycles. The van der Waals surface area contributed by atoms with E-state index in [4.69, 9.17) is 0 Å². The van der Waals surface area contributed by atoms with E-state index < -0.39 is 23.6 Å². The van der Waals surface area contributed by atoms with Gasteiger partial charge in [-0.25, -0.2) is 4.68 Å². The molecule has 1 aliphatic heterocycles. The number of β-amino-alcohol motifs (C(OH)–C–C–N with tert-alkyl or cyclic N) is 1. The van der Waals surface area contributed by atoms with Crippen molar-refractivity contribution in [3.05, 3.63) is 54.1 Å². The summed E-state index contributed by atoms with van der Waals surface area (Å²) >= 11 is 0. The number of amides is 2. The average molecular weight is 479 g/mol. The molecule has 4 heterocycles. The van der Waals surface area contributed by atoms with Crippen molar-refractivity contribution in [2.45, 2.75) is 70.6 Å². The third-order valence-corrected chi connectivity index (χ3v) is 6.98. The van der Waals surface area contributed by atoms with Crippen molar-refractivity contribution < 1.29 is 14.7 Å². The fourth-order valence-electron chi connectivity index (χ4n) is 5.03. The molecule has 3 atom stereocenters. The topological polar surface area (TPSA) is 105 Å². The lowest BCUT2D eigenvalue weighted by atomic mass is 9.85. The molecule has 3 aromatic rings. The molecule has 5 rings (SSSR count). The lowest BCUT2D eigenvalue weighted by molar-refractivity contribution is -0.144. The zero-order valence-corrected chi connectivity index (χ0v) is 20.6. The predicted molar refractivity (Wildman–Crippen MR) is 131 cm³/mol. The molecule has 0 aromatic carbocycles. The molecule has 2 aliphatic rings. The Balaban J connectivity index is 1.27. The lowest BCUT2D eigenvalue weighted by Gasteiger charge is -2.34. The minimum absolute atomic E-state index is 0.137. The number of fused-ring (bicyclic) bond motifs is 1. The Labute approximate surface area is 205 Å². The van der Waals surface area contributed by atoms with Gasteiger partial charge in [0, 0.05) is 49.5 Å². The summed E-state index contributed by atoms with van der Waals surface area (Å²) in [6, 6.07) is 6.79. The van der Waals surface area contributed by atoms with Gasteiger partial charge in [0.05, 0.1) is 11.8 Å². The van der Waals surface area contributed by atoms with Gasteiger partial charge < -0.3 is 19.7 Å². The minimum Gasteiger partial charge on any atom is -0.391 e. The van der Waals surface area contributed by atoms with Crippen LogP contribution in [-0.2, 0) is 16.0 Å². The number of aliphatic hydroxyl groups is 1. The number of likely N-dealkylation sites (tertiary alicyclic amines) is 1. The molecule has 2 fully saturated rings. The van der Waals surface area contributed by atoms with Crippen LogP contribution >= 0.6 is 0 Å². The first-order valence-electron chi connectivity index (χ1n) is 12.4. The Morgan fingerprint density at radius 3 is 2.74 bits per heavy atom. The minimum atomic E-state index is -0.732. The van der Waals surface area contributed by atoms with Crippen LogP contribution in [0.25, 0.3) is 5.52 Å². The molecule has 0 bridgehead atoms. The van der Waals surface area contributed by atoms with Gasteiger partial charge in [-0.2, -0.15) is 0 Å². The second kappa shape index (κ2) is 9.11. The average Bonchev–Trinajstić information content (AvgIpc) is 3.21. The van der Waals surface area contributed by atoms with Gasteiger partial charge in [-0.3, -0.25) is 9.59 Å². The molecule has 9 heteroatoms. The number of nitrogens with one attached hydrogen (secondary N) is 1. The molecule has 2 amide bonds. The van der Waals surface area contributed by atoms with Gasteiger partial charge in [0.2, 0.25) is 11.8 Å². The Bertz CT molecular complexity index is 1190. The normalized spacial score (nSPS) is 21.4. The first kappa shape index (κ1) is 23.5. The summed E-state index contributed by atoms with van der Waals surface area (Å²) in [5.41, 5.74) is 2.70. The quantitative estimate of drug-likeness (QED) is 0.542. The van der Waals surface area contributed by atoms with Crippen LogP contribution in [0.4, 0.5) is 0 Å². The van der Waals surface area contributed by atoms with Crippen molar-refractivity contribution in [2.75, 3.05) is 13.1 Å². The van der Waals surface area contributed by atoms with Crippen molar-refractivity contribution in [1.82, 2.24) is 29.6 Å². The van der Waals surface area contributed by atoms with Crippen LogP contribution in [0.3, 0.4) is 0 Å². The van der Waals surface area contributed by atoms with E-state index in [9.17, 15) is 14.7 Å². The summed E-state index contributed by atoms with van der Waals surface area (Å²) in [6.45, 7) is 6.55. The third kappa shape index (κ3) is 4.96. The Kier molecular flexibility index (Phi) is 6.13. The van der Waals surface area contributed by atoms with E-state index in [1.54, 1.807) is 4.68 Å². The monoisotopic (exact) mass is 478 g/mol. The molecule has 1 aliphatic carbocycles. The summed E-state index contributed by atoms with van der Waals surface area (Å²) in [4.78, 5) is 28.4. The van der Waals surface area contributed by atoms with Gasteiger partial charge in [0.15, 0.2) is 0 Å². The fourth-order valence-corrected chi connectivity index (χ4v) is 5.03. The van der Waals surface area contributed by atoms with Gasteiger partial charge >= 0.3 is 0 Å². The number of hydrogen-bond acceptors (Lipinski definition) is 5. The molecule has 9 nitrogen and oxygen atoms in total. The van der Waals surface area contributed by atoms with Gasteiger partial charge in [-0.15, -0.1) is 5.10 Å². The van der Waals surface area contributed by atoms with E-state index in [0.29, 0.717) is 18.9 Å². The smallest absolute Gasteiger partial charge is 0.248 e. The third-order valence-electron chi connectivity index (χ3n) is 6.98. The molecule has 1 saturated carbocycles. The lowest BCUT2D eigenvalue weighted by Crippen LogP contribution is -2.50. The van der Waals surface area contributed by atoms with Crippen LogP contribution in [-0.4, -0.2) is 66.5 Å². The van der Waals surface area contributed by atoms with Gasteiger partial charge in [-0.05, 0) is 48.4 Å². The summed E-state index contributed by atoms with van der Waals surface area (Å²) < 4.78 is 3.70. The second-order valence-corrected chi connectivity index (χ2v) is 11.0. The van der Waals surface area contributed by atoms with Crippen LogP contribution in [0.5, 0.6) is 0 Å². The molecular formula is C26H34N6O3. The van der Waals surface area contributed by atoms with Crippen molar-refractivity contribution in [3.63, 3.8) is 0 Å². The molecule has 2 N–H and O–H groups in total. The Morgan fingerprint density at radius 1 is 1.23 bits per heavy atom. The van der Waals surface area contributed by atoms with E-state index >= 15 is 0 Å². The highest BCUT2D eigenvalue weighted by atomic mass is 16.3. The van der Waals surface area contributed by atoms with Crippen LogP contribution in [0, 0.1) is 5.41 Å². The summed E-state index contributed by atoms with van der Waals surface area (Å²) in [6.07, 6.45) is 8.31. The SMILES string of the molecule is CC(C)(C)[C@@H](C(=O)N1C[C@H](O)C[C@H]1C(=O)NCCc1cc2ccccn2c1)n1cc(C2CC2)nn1. The van der Waals surface area contributed by atoms with E-state index in [1.807, 2.05) is 51.4 Å². The molecule has 0 spiro atoms. The highest BCUT2D eigenvalue weighted by molar-refractivity contribution is 5.90. The summed E-state index contributed by atoms with van der Waals surface area (Å²) in [5, 5.41) is 21.9. The number of rotatable bonds is 7. The van der Waals surface area contributed by atoms with Crippen LogP contribution in [0.2, 0.25) is 0 Å². The number of aliphatic hydroxyl groups excluding tert-OH is 1. The number of pyridine rings is 1. The second-order valence-electron chi connectivity index (χ2n) is 11.0. The number of nitrogens with zero attached hydrogens (tertiary/aromatic N) is 5. The van der Waals surface area contributed by atoms with Gasteiger partial charge in [0.1, 0.15) is 12.1 Å². The summed E-state index contributed by atoms with van der Waals surface area (Å²) in [7, 11) is 0. The number of carbonyl (C=O) groups excluding carboxylic acids is 2. The molecular weight excluding hydrogens is 444 g/mol. The Morgan fingerprint density at radius 2 is 2.03 bits per heavy atom. The number of aromatic nitrogens is 4. The van der Waals surface area contributed by atoms with E-state index in [0.717, 1.165) is 29.6 Å². The highest BCUT2D eigenvalue weighted by Crippen LogP contribution is 2.40. The van der Waals surface area contributed by atoms with Crippen LogP contribution < -0.4 is 5.32 Å². The van der Waals surface area contributed by atoms with E-state index in [2.05, 4.69) is 32.3 Å². The van der Waals surface area contributed by atoms with E-state index in [1.165, 1.54) is 4.90 Å². The predicted octanol–water partition coefficient (Wildman–Crippen LogP) is 2.32. The molecule has 3 aromatic heterocycles. The maximum atomic E-state index is 13.8. The summed E-state index contributed by atoms with van der Waals surface area (Å²) in [5.74, 6) is -0.00580. The van der Waals surface area contributed by atoms with E-state index in [-0.39, 0.29) is 24.8 Å². The van der Waals surface area contributed by atoms with Crippen molar-refractivity contribution >= 4 is 17.3 Å². The maximum Gasteiger partial charge on any atom is 0.248 e. The highest BCUT2D eigenvalue weighted by Gasteiger charge is 2.45. The molecule has 35 heavy (non-hydrogen) atoms. The maximum absolute atomic E-state index is 13.8. The van der Waals surface area contributed by atoms with Gasteiger partial charge in [0.25, 0.3) is 0 Å². The first-order valence-corrected chi connectivity index (χ1v) is 12.4. The first-order chi connectivity index (χ1) is 16.7. The van der Waals surface area contributed by atoms with Crippen molar-refractivity contribution in [3.8, 4) is 0 Å². The van der Waals surface area contributed by atoms with Crippen molar-refractivity contribution in [1.29, 1.82) is 0 Å². The van der Waals surface area contributed by atoms with Crippen LogP contribution in [0.1, 0.15) is 63.3 Å². The zero-order chi connectivity index (χ0) is 24.7. The van der Waals surface area contributed by atoms with Crippen LogP contribution in [0.15, 0.2) is 42.9 Å². The Hall–Kier alpha value is -3.20. The van der Waals surface area contributed by atoms with Crippen molar-refractivity contribution in [2.24, 2.45) is 5.41 Å². The van der Waals surface area contributed by atoms with Gasteiger partial charge in [-0.1, -0.05) is 32.1 Å². The largest absolute Gasteiger partial charge is 0.391 e. The molecule has 186 valence electrons. The molecule has 0 unspecified atom stereocenters. The number of hydrogen-bond donors (Lipinski definition) is 2.